The van der Waals surface area contributed by atoms with Crippen LogP contribution in [0.3, 0.4) is 0 Å². The molecule has 1 unspecified atom stereocenters. The predicted molar refractivity (Wildman–Crippen MR) is 124 cm³/mol. The van der Waals surface area contributed by atoms with Gasteiger partial charge in [0.1, 0.15) is 6.54 Å². The van der Waals surface area contributed by atoms with E-state index in [1.165, 1.54) is 10.7 Å². The number of carbonyl (C=O) groups excluding carboxylic acids is 1. The van der Waals surface area contributed by atoms with Crippen molar-refractivity contribution in [1.29, 1.82) is 0 Å². The van der Waals surface area contributed by atoms with Gasteiger partial charge in [-0.05, 0) is 30.8 Å². The van der Waals surface area contributed by atoms with Gasteiger partial charge in [0, 0.05) is 23.2 Å². The van der Waals surface area contributed by atoms with Crippen molar-refractivity contribution in [2.45, 2.75) is 26.4 Å². The van der Waals surface area contributed by atoms with Gasteiger partial charge < -0.3 is 5.32 Å². The van der Waals surface area contributed by atoms with Crippen LogP contribution in [-0.4, -0.2) is 40.2 Å². The SMILES string of the molecule is CCN(CC)C(CNC(=O)Cn1nc(-c2ccccc2)ccc1=O)c1ccccc1Cl. The van der Waals surface area contributed by atoms with Crippen LogP contribution in [0.15, 0.2) is 71.5 Å². The van der Waals surface area contributed by atoms with Gasteiger partial charge in [-0.15, -0.1) is 0 Å². The first-order valence-corrected chi connectivity index (χ1v) is 10.8. The van der Waals surface area contributed by atoms with Crippen LogP contribution in [0.4, 0.5) is 0 Å². The number of amides is 1. The number of likely N-dealkylation sites (N-methyl/N-ethyl adjacent to an activating group) is 1. The third-order valence-electron chi connectivity index (χ3n) is 5.24. The maximum atomic E-state index is 12.7. The number of benzene rings is 2. The van der Waals surface area contributed by atoms with Gasteiger partial charge in [-0.3, -0.25) is 14.5 Å². The Labute approximate surface area is 187 Å². The van der Waals surface area contributed by atoms with E-state index in [0.717, 1.165) is 24.2 Å². The maximum Gasteiger partial charge on any atom is 0.267 e. The molecule has 7 heteroatoms. The van der Waals surface area contributed by atoms with Crippen molar-refractivity contribution in [3.63, 3.8) is 0 Å². The lowest BCUT2D eigenvalue weighted by atomic mass is 10.0. The highest BCUT2D eigenvalue weighted by Gasteiger charge is 2.21. The zero-order valence-corrected chi connectivity index (χ0v) is 18.5. The van der Waals surface area contributed by atoms with Crippen molar-refractivity contribution < 1.29 is 4.79 Å². The number of aromatic nitrogens is 2. The van der Waals surface area contributed by atoms with Crippen molar-refractivity contribution in [3.05, 3.63) is 87.7 Å². The summed E-state index contributed by atoms with van der Waals surface area (Å²) >= 11 is 6.42. The van der Waals surface area contributed by atoms with Gasteiger partial charge >= 0.3 is 0 Å². The van der Waals surface area contributed by atoms with E-state index in [4.69, 9.17) is 11.6 Å². The van der Waals surface area contributed by atoms with Gasteiger partial charge in [0.2, 0.25) is 5.91 Å². The maximum absolute atomic E-state index is 12.7. The molecule has 0 bridgehead atoms. The third kappa shape index (κ3) is 5.81. The summed E-state index contributed by atoms with van der Waals surface area (Å²) in [5, 5.41) is 7.98. The number of hydrogen-bond donors (Lipinski definition) is 1. The van der Waals surface area contributed by atoms with E-state index in [2.05, 4.69) is 29.2 Å². The summed E-state index contributed by atoms with van der Waals surface area (Å²) in [5.41, 5.74) is 2.18. The molecule has 0 aliphatic rings. The molecule has 1 N–H and O–H groups in total. The van der Waals surface area contributed by atoms with Crippen LogP contribution >= 0.6 is 11.6 Å². The molecule has 1 atom stereocenters. The minimum Gasteiger partial charge on any atom is -0.353 e. The average molecular weight is 439 g/mol. The lowest BCUT2D eigenvalue weighted by molar-refractivity contribution is -0.122. The van der Waals surface area contributed by atoms with Crippen molar-refractivity contribution in [1.82, 2.24) is 20.0 Å². The normalized spacial score (nSPS) is 12.0. The van der Waals surface area contributed by atoms with Crippen molar-refractivity contribution >= 4 is 17.5 Å². The molecule has 0 fully saturated rings. The highest BCUT2D eigenvalue weighted by atomic mass is 35.5. The summed E-state index contributed by atoms with van der Waals surface area (Å²) in [7, 11) is 0. The Balaban J connectivity index is 1.74. The minimum atomic E-state index is -0.318. The summed E-state index contributed by atoms with van der Waals surface area (Å²) in [6.45, 7) is 6.04. The molecule has 1 amide bonds. The van der Waals surface area contributed by atoms with Gasteiger partial charge in [-0.25, -0.2) is 4.68 Å². The molecule has 1 heterocycles. The number of rotatable bonds is 9. The summed E-state index contributed by atoms with van der Waals surface area (Å²) in [4.78, 5) is 27.1. The van der Waals surface area contributed by atoms with E-state index in [1.54, 1.807) is 6.07 Å². The van der Waals surface area contributed by atoms with Crippen LogP contribution in [0.2, 0.25) is 5.02 Å². The van der Waals surface area contributed by atoms with Gasteiger partial charge in [-0.1, -0.05) is 74.0 Å². The Morgan fingerprint density at radius 3 is 2.39 bits per heavy atom. The van der Waals surface area contributed by atoms with Crippen LogP contribution in [-0.2, 0) is 11.3 Å². The van der Waals surface area contributed by atoms with Gasteiger partial charge in [0.25, 0.3) is 5.56 Å². The molecule has 1 aromatic heterocycles. The summed E-state index contributed by atoms with van der Waals surface area (Å²) in [5.74, 6) is -0.274. The molecule has 3 aromatic rings. The second kappa shape index (κ2) is 10.9. The lowest BCUT2D eigenvalue weighted by Gasteiger charge is -2.31. The Morgan fingerprint density at radius 2 is 1.71 bits per heavy atom. The summed E-state index contributed by atoms with van der Waals surface area (Å²) < 4.78 is 1.19. The largest absolute Gasteiger partial charge is 0.353 e. The molecule has 3 rings (SSSR count). The van der Waals surface area contributed by atoms with Crippen molar-refractivity contribution in [2.75, 3.05) is 19.6 Å². The van der Waals surface area contributed by atoms with E-state index >= 15 is 0 Å². The molecule has 0 saturated heterocycles. The molecule has 0 saturated carbocycles. The number of halogens is 1. The van der Waals surface area contributed by atoms with E-state index in [9.17, 15) is 9.59 Å². The second-order valence-corrected chi connectivity index (χ2v) is 7.55. The van der Waals surface area contributed by atoms with Crippen LogP contribution < -0.4 is 10.9 Å². The zero-order valence-electron chi connectivity index (χ0n) is 17.8. The van der Waals surface area contributed by atoms with Crippen LogP contribution in [0.25, 0.3) is 11.3 Å². The molecule has 0 aliphatic heterocycles. The average Bonchev–Trinajstić information content (AvgIpc) is 2.79. The molecular formula is C24H27ClN4O2. The minimum absolute atomic E-state index is 0.0621. The highest BCUT2D eigenvalue weighted by Crippen LogP contribution is 2.27. The number of nitrogens with one attached hydrogen (secondary N) is 1. The number of nitrogens with zero attached hydrogens (tertiary/aromatic N) is 3. The van der Waals surface area contributed by atoms with E-state index < -0.39 is 0 Å². The first-order valence-electron chi connectivity index (χ1n) is 10.4. The first-order chi connectivity index (χ1) is 15.0. The fourth-order valence-electron chi connectivity index (χ4n) is 3.57. The monoisotopic (exact) mass is 438 g/mol. The standard InChI is InChI=1S/C24H27ClN4O2/c1-3-28(4-2)22(19-12-8-9-13-20(19)25)16-26-23(30)17-29-24(31)15-14-21(27-29)18-10-6-5-7-11-18/h5-15,22H,3-4,16-17H2,1-2H3,(H,26,30). The van der Waals surface area contributed by atoms with Crippen molar-refractivity contribution in [2.24, 2.45) is 0 Å². The fraction of sp³-hybridized carbons (Fsp3) is 0.292. The Kier molecular flexibility index (Phi) is 7.98. The van der Waals surface area contributed by atoms with E-state index in [0.29, 0.717) is 17.3 Å². The van der Waals surface area contributed by atoms with Crippen LogP contribution in [0, 0.1) is 0 Å². The third-order valence-corrected chi connectivity index (χ3v) is 5.58. The summed E-state index contributed by atoms with van der Waals surface area (Å²) in [6, 6.07) is 20.3. The highest BCUT2D eigenvalue weighted by molar-refractivity contribution is 6.31. The molecular weight excluding hydrogens is 412 g/mol. The number of carbonyl (C=O) groups is 1. The second-order valence-electron chi connectivity index (χ2n) is 7.14. The van der Waals surface area contributed by atoms with Crippen molar-refractivity contribution in [3.8, 4) is 11.3 Å². The quantitative estimate of drug-likeness (QED) is 0.552. The number of hydrogen-bond acceptors (Lipinski definition) is 4. The van der Waals surface area contributed by atoms with Gasteiger partial charge in [0.05, 0.1) is 11.7 Å². The Bertz CT molecular complexity index is 1060. The molecule has 0 spiro atoms. The molecule has 0 aliphatic carbocycles. The Morgan fingerprint density at radius 1 is 1.03 bits per heavy atom. The van der Waals surface area contributed by atoms with E-state index in [-0.39, 0.29) is 24.1 Å². The van der Waals surface area contributed by atoms with Gasteiger partial charge in [0.15, 0.2) is 0 Å². The van der Waals surface area contributed by atoms with Gasteiger partial charge in [-0.2, -0.15) is 5.10 Å². The lowest BCUT2D eigenvalue weighted by Crippen LogP contribution is -2.40. The van der Waals surface area contributed by atoms with Crippen LogP contribution in [0.1, 0.15) is 25.5 Å². The van der Waals surface area contributed by atoms with Crippen LogP contribution in [0.5, 0.6) is 0 Å². The molecule has 6 nitrogen and oxygen atoms in total. The molecule has 31 heavy (non-hydrogen) atoms. The molecule has 2 aromatic carbocycles. The van der Waals surface area contributed by atoms with E-state index in [1.807, 2.05) is 54.6 Å². The smallest absolute Gasteiger partial charge is 0.267 e. The fourth-order valence-corrected chi connectivity index (χ4v) is 3.83. The predicted octanol–water partition coefficient (Wildman–Crippen LogP) is 3.76. The molecule has 162 valence electrons. The zero-order chi connectivity index (χ0) is 22.2. The first kappa shape index (κ1) is 22.7. The summed E-state index contributed by atoms with van der Waals surface area (Å²) in [6.07, 6.45) is 0. The molecule has 0 radical (unpaired) electrons. The topological polar surface area (TPSA) is 67.2 Å². The Hall–Kier alpha value is -2.96.